The first-order chi connectivity index (χ1) is 13.1. The second-order valence-corrected chi connectivity index (χ2v) is 7.95. The minimum Gasteiger partial charge on any atom is -0.378 e. The van der Waals surface area contributed by atoms with Crippen LogP contribution >= 0.6 is 0 Å². The summed E-state index contributed by atoms with van der Waals surface area (Å²) in [4.78, 5) is 31.9. The first-order valence-electron chi connectivity index (χ1n) is 10.1. The predicted octanol–water partition coefficient (Wildman–Crippen LogP) is 2.00. The number of carbonyl (C=O) groups excluding carboxylic acids is 2. The molecule has 0 saturated carbocycles. The summed E-state index contributed by atoms with van der Waals surface area (Å²) in [7, 11) is 0. The Labute approximate surface area is 161 Å². The number of hydrogen-bond donors (Lipinski definition) is 0. The van der Waals surface area contributed by atoms with Crippen molar-refractivity contribution in [3.8, 4) is 0 Å². The molecule has 0 N–H and O–H groups in total. The summed E-state index contributed by atoms with van der Waals surface area (Å²) in [5.74, 6) is 0.296. The fourth-order valence-electron chi connectivity index (χ4n) is 4.62. The molecule has 1 spiro atoms. The largest absolute Gasteiger partial charge is 0.378 e. The molecule has 3 heterocycles. The van der Waals surface area contributed by atoms with Crippen LogP contribution < -0.4 is 4.90 Å². The maximum Gasteiger partial charge on any atom is 0.253 e. The Bertz CT molecular complexity index is 699. The van der Waals surface area contributed by atoms with Crippen LogP contribution in [0.3, 0.4) is 0 Å². The van der Waals surface area contributed by atoms with Crippen LogP contribution in [0.5, 0.6) is 0 Å². The molecule has 27 heavy (non-hydrogen) atoms. The van der Waals surface area contributed by atoms with Crippen molar-refractivity contribution in [3.63, 3.8) is 0 Å². The molecule has 3 aliphatic rings. The molecule has 0 radical (unpaired) electrons. The number of nitrogens with zero attached hydrogens (tertiary/aromatic N) is 3. The van der Waals surface area contributed by atoms with Crippen molar-refractivity contribution in [2.75, 3.05) is 57.4 Å². The lowest BCUT2D eigenvalue weighted by Crippen LogP contribution is -2.38. The second-order valence-electron chi connectivity index (χ2n) is 7.95. The summed E-state index contributed by atoms with van der Waals surface area (Å²) in [5.41, 5.74) is 1.51. The molecular weight excluding hydrogens is 342 g/mol. The summed E-state index contributed by atoms with van der Waals surface area (Å²) in [6.45, 7) is 8.28. The number of carbonyl (C=O) groups is 2. The van der Waals surface area contributed by atoms with Crippen LogP contribution in [0, 0.1) is 5.41 Å². The highest BCUT2D eigenvalue weighted by Crippen LogP contribution is 2.41. The lowest BCUT2D eigenvalue weighted by atomic mass is 9.85. The Balaban J connectivity index is 1.41. The Morgan fingerprint density at radius 3 is 2.48 bits per heavy atom. The first kappa shape index (κ1) is 18.3. The third-order valence-corrected chi connectivity index (χ3v) is 6.23. The minimum absolute atomic E-state index is 0.0437. The van der Waals surface area contributed by atoms with Gasteiger partial charge in [0.15, 0.2) is 0 Å². The Morgan fingerprint density at radius 1 is 1.07 bits per heavy atom. The van der Waals surface area contributed by atoms with Gasteiger partial charge < -0.3 is 19.4 Å². The number of anilines is 1. The van der Waals surface area contributed by atoms with E-state index in [0.29, 0.717) is 18.7 Å². The van der Waals surface area contributed by atoms with Gasteiger partial charge in [-0.1, -0.05) is 6.92 Å². The smallest absolute Gasteiger partial charge is 0.253 e. The van der Waals surface area contributed by atoms with Crippen molar-refractivity contribution in [1.29, 1.82) is 0 Å². The molecule has 0 aromatic heterocycles. The van der Waals surface area contributed by atoms with Gasteiger partial charge in [-0.25, -0.2) is 0 Å². The quantitative estimate of drug-likeness (QED) is 0.812. The van der Waals surface area contributed by atoms with E-state index in [1.807, 2.05) is 34.1 Å². The van der Waals surface area contributed by atoms with E-state index in [1.165, 1.54) is 0 Å². The molecule has 6 heteroatoms. The van der Waals surface area contributed by atoms with Crippen LogP contribution in [0.4, 0.5) is 5.69 Å². The monoisotopic (exact) mass is 371 g/mol. The maximum absolute atomic E-state index is 13.0. The standard InChI is InChI=1S/C21H29N3O3/c1-2-9-23-10-7-21(20(23)26)8-11-24(16-21)19(25)17-3-5-18(6-4-17)22-12-14-27-15-13-22/h3-6H,2,7-16H2,1H3. The zero-order chi connectivity index (χ0) is 18.9. The van der Waals surface area contributed by atoms with E-state index in [4.69, 9.17) is 4.74 Å². The van der Waals surface area contributed by atoms with E-state index < -0.39 is 0 Å². The van der Waals surface area contributed by atoms with Crippen molar-refractivity contribution < 1.29 is 14.3 Å². The van der Waals surface area contributed by atoms with Crippen molar-refractivity contribution in [1.82, 2.24) is 9.80 Å². The van der Waals surface area contributed by atoms with Gasteiger partial charge in [-0.15, -0.1) is 0 Å². The molecule has 6 nitrogen and oxygen atoms in total. The molecule has 0 bridgehead atoms. The molecule has 2 amide bonds. The zero-order valence-electron chi connectivity index (χ0n) is 16.2. The summed E-state index contributed by atoms with van der Waals surface area (Å²) >= 11 is 0. The first-order valence-corrected chi connectivity index (χ1v) is 10.1. The van der Waals surface area contributed by atoms with Crippen LogP contribution in [0.25, 0.3) is 0 Å². The average Bonchev–Trinajstić information content (AvgIpc) is 3.28. The van der Waals surface area contributed by atoms with E-state index in [0.717, 1.165) is 64.3 Å². The molecule has 1 aromatic carbocycles. The molecule has 146 valence electrons. The number of morpholine rings is 1. The van der Waals surface area contributed by atoms with Crippen LogP contribution in [0.1, 0.15) is 36.5 Å². The van der Waals surface area contributed by atoms with Gasteiger partial charge in [0, 0.05) is 50.5 Å². The van der Waals surface area contributed by atoms with E-state index in [9.17, 15) is 9.59 Å². The van der Waals surface area contributed by atoms with Crippen LogP contribution in [0.15, 0.2) is 24.3 Å². The molecule has 3 saturated heterocycles. The lowest BCUT2D eigenvalue weighted by Gasteiger charge is -2.29. The van der Waals surface area contributed by atoms with E-state index >= 15 is 0 Å². The van der Waals surface area contributed by atoms with Crippen molar-refractivity contribution in [2.24, 2.45) is 5.41 Å². The summed E-state index contributed by atoms with van der Waals surface area (Å²) in [5, 5.41) is 0. The third kappa shape index (κ3) is 3.43. The van der Waals surface area contributed by atoms with Crippen molar-refractivity contribution >= 4 is 17.5 Å². The Kier molecular flexibility index (Phi) is 5.08. The highest BCUT2D eigenvalue weighted by atomic mass is 16.5. The molecule has 3 fully saturated rings. The zero-order valence-corrected chi connectivity index (χ0v) is 16.2. The molecule has 1 atom stereocenters. The van der Waals surface area contributed by atoms with Gasteiger partial charge >= 0.3 is 0 Å². The molecule has 1 aromatic rings. The summed E-state index contributed by atoms with van der Waals surface area (Å²) < 4.78 is 5.39. The van der Waals surface area contributed by atoms with Crippen LogP contribution in [-0.2, 0) is 9.53 Å². The fourth-order valence-corrected chi connectivity index (χ4v) is 4.62. The molecular formula is C21H29N3O3. The number of hydrogen-bond acceptors (Lipinski definition) is 4. The van der Waals surface area contributed by atoms with Gasteiger partial charge in [0.25, 0.3) is 5.91 Å². The fraction of sp³-hybridized carbons (Fsp3) is 0.619. The third-order valence-electron chi connectivity index (χ3n) is 6.23. The van der Waals surface area contributed by atoms with Gasteiger partial charge in [0.2, 0.25) is 5.91 Å². The number of amides is 2. The SMILES string of the molecule is CCCN1CCC2(CCN(C(=O)c3ccc(N4CCOCC4)cc3)C2)C1=O. The van der Waals surface area contributed by atoms with Gasteiger partial charge in [-0.3, -0.25) is 9.59 Å². The van der Waals surface area contributed by atoms with Crippen molar-refractivity contribution in [2.45, 2.75) is 26.2 Å². The normalized spacial score (nSPS) is 25.7. The summed E-state index contributed by atoms with van der Waals surface area (Å²) in [6.07, 6.45) is 2.66. The topological polar surface area (TPSA) is 53.1 Å². The Morgan fingerprint density at radius 2 is 1.78 bits per heavy atom. The lowest BCUT2D eigenvalue weighted by molar-refractivity contribution is -0.135. The highest BCUT2D eigenvalue weighted by molar-refractivity contribution is 5.96. The maximum atomic E-state index is 13.0. The minimum atomic E-state index is -0.335. The summed E-state index contributed by atoms with van der Waals surface area (Å²) in [6, 6.07) is 7.87. The number of ether oxygens (including phenoxy) is 1. The Hall–Kier alpha value is -2.08. The number of rotatable bonds is 4. The van der Waals surface area contributed by atoms with Crippen molar-refractivity contribution in [3.05, 3.63) is 29.8 Å². The molecule has 3 aliphatic heterocycles. The van der Waals surface area contributed by atoms with Gasteiger partial charge in [0.1, 0.15) is 0 Å². The van der Waals surface area contributed by atoms with Gasteiger partial charge in [0.05, 0.1) is 18.6 Å². The van der Waals surface area contributed by atoms with E-state index in [-0.39, 0.29) is 17.2 Å². The van der Waals surface area contributed by atoms with E-state index in [1.54, 1.807) is 0 Å². The predicted molar refractivity (Wildman–Crippen MR) is 104 cm³/mol. The van der Waals surface area contributed by atoms with Gasteiger partial charge in [-0.05, 0) is 43.5 Å². The molecule has 1 unspecified atom stereocenters. The number of benzene rings is 1. The number of likely N-dealkylation sites (tertiary alicyclic amines) is 2. The highest BCUT2D eigenvalue weighted by Gasteiger charge is 2.51. The van der Waals surface area contributed by atoms with Crippen LogP contribution in [-0.4, -0.2) is 74.1 Å². The van der Waals surface area contributed by atoms with Crippen LogP contribution in [0.2, 0.25) is 0 Å². The second kappa shape index (κ2) is 7.50. The molecule has 4 rings (SSSR count). The van der Waals surface area contributed by atoms with E-state index in [2.05, 4.69) is 11.8 Å². The average molecular weight is 371 g/mol. The van der Waals surface area contributed by atoms with Gasteiger partial charge in [-0.2, -0.15) is 0 Å². The molecule has 0 aliphatic carbocycles.